The minimum Gasteiger partial charge on any atom is -0.208 e. The number of hydrogen-bond acceptors (Lipinski definition) is 3. The van der Waals surface area contributed by atoms with Crippen LogP contribution in [0.5, 0.6) is 0 Å². The first kappa shape index (κ1) is 46.8. The van der Waals surface area contributed by atoms with E-state index in [4.69, 9.17) is 15.0 Å². The summed E-state index contributed by atoms with van der Waals surface area (Å²) in [5, 5.41) is 0. The Morgan fingerprint density at radius 3 is 0.693 bits per heavy atom. The standard InChI is InChI=1S/C72H63N3/c1-7-70(8-2)61-22-16-13-19-55(61)58-40-37-52(43-64(58)70)46-25-31-49(32-26-46)67-73-68(50-33-27-47(28-34-50)53-38-41-59-56-20-14-17-23-62(56)71(9-3,10-4)65(59)44-53)75-69(74-67)51-35-29-48(30-36-51)54-39-42-60-57-21-15-18-24-63(57)72(11-5,12-6)66(60)45-54/h13-45H,7-12H2,1-6H3. The van der Waals surface area contributed by atoms with Gasteiger partial charge in [-0.15, -0.1) is 0 Å². The van der Waals surface area contributed by atoms with Gasteiger partial charge in [-0.3, -0.25) is 0 Å². The fourth-order valence-electron chi connectivity index (χ4n) is 14.1. The van der Waals surface area contributed by atoms with Crippen molar-refractivity contribution in [1.29, 1.82) is 0 Å². The number of fused-ring (bicyclic) bond motifs is 9. The second-order valence-electron chi connectivity index (χ2n) is 21.3. The summed E-state index contributed by atoms with van der Waals surface area (Å²) in [7, 11) is 0. The van der Waals surface area contributed by atoms with E-state index in [1.807, 2.05) is 0 Å². The second kappa shape index (κ2) is 18.1. The number of hydrogen-bond donors (Lipinski definition) is 0. The first-order chi connectivity index (χ1) is 36.8. The van der Waals surface area contributed by atoms with Gasteiger partial charge in [-0.25, -0.2) is 15.0 Å². The summed E-state index contributed by atoms with van der Waals surface area (Å²) in [5.74, 6) is 1.95. The maximum absolute atomic E-state index is 5.25. The molecule has 10 aromatic rings. The molecule has 0 radical (unpaired) electrons. The van der Waals surface area contributed by atoms with E-state index >= 15 is 0 Å². The molecule has 1 aromatic heterocycles. The Hall–Kier alpha value is -8.01. The normalized spacial score (nSPS) is 14.6. The monoisotopic (exact) mass is 970 g/mol. The van der Waals surface area contributed by atoms with Gasteiger partial charge in [0, 0.05) is 32.9 Å². The molecular formula is C72H63N3. The van der Waals surface area contributed by atoms with E-state index < -0.39 is 0 Å². The summed E-state index contributed by atoms with van der Waals surface area (Å²) in [4.78, 5) is 15.7. The first-order valence-electron chi connectivity index (χ1n) is 27.6. The van der Waals surface area contributed by atoms with Crippen molar-refractivity contribution in [3.8, 4) is 101 Å². The first-order valence-corrected chi connectivity index (χ1v) is 27.6. The highest BCUT2D eigenvalue weighted by molar-refractivity contribution is 5.87. The molecule has 0 atom stereocenters. The lowest BCUT2D eigenvalue weighted by Crippen LogP contribution is -2.23. The van der Waals surface area contributed by atoms with Crippen LogP contribution in [-0.4, -0.2) is 15.0 Å². The molecule has 0 bridgehead atoms. The van der Waals surface area contributed by atoms with Gasteiger partial charge in [-0.1, -0.05) is 224 Å². The minimum absolute atomic E-state index is 0.0173. The molecule has 366 valence electrons. The molecule has 0 saturated carbocycles. The van der Waals surface area contributed by atoms with Gasteiger partial charge in [-0.2, -0.15) is 0 Å². The lowest BCUT2D eigenvalue weighted by Gasteiger charge is -2.30. The fourth-order valence-corrected chi connectivity index (χ4v) is 14.1. The topological polar surface area (TPSA) is 38.7 Å². The lowest BCUT2D eigenvalue weighted by atomic mass is 9.73. The van der Waals surface area contributed by atoms with Gasteiger partial charge in [0.25, 0.3) is 0 Å². The summed E-state index contributed by atoms with van der Waals surface area (Å²) < 4.78 is 0. The summed E-state index contributed by atoms with van der Waals surface area (Å²) in [6.07, 6.45) is 6.39. The Morgan fingerprint density at radius 2 is 0.440 bits per heavy atom. The van der Waals surface area contributed by atoms with Gasteiger partial charge >= 0.3 is 0 Å². The van der Waals surface area contributed by atoms with Gasteiger partial charge in [0.1, 0.15) is 0 Å². The molecule has 3 aliphatic rings. The lowest BCUT2D eigenvalue weighted by molar-refractivity contribution is 0.490. The van der Waals surface area contributed by atoms with Crippen molar-refractivity contribution in [3.05, 3.63) is 234 Å². The Kier molecular flexibility index (Phi) is 11.3. The molecule has 3 nitrogen and oxygen atoms in total. The molecule has 75 heavy (non-hydrogen) atoms. The van der Waals surface area contributed by atoms with Crippen LogP contribution in [0, 0.1) is 0 Å². The predicted molar refractivity (Wildman–Crippen MR) is 313 cm³/mol. The van der Waals surface area contributed by atoms with Crippen molar-refractivity contribution >= 4 is 0 Å². The van der Waals surface area contributed by atoms with Gasteiger partial charge in [-0.05, 0) is 157 Å². The molecule has 9 aromatic carbocycles. The van der Waals surface area contributed by atoms with Gasteiger partial charge in [0.05, 0.1) is 0 Å². The van der Waals surface area contributed by atoms with E-state index in [0.29, 0.717) is 17.5 Å². The largest absolute Gasteiger partial charge is 0.208 e. The second-order valence-corrected chi connectivity index (χ2v) is 21.3. The summed E-state index contributed by atoms with van der Waals surface area (Å²) in [6.45, 7) is 14.0. The predicted octanol–water partition coefficient (Wildman–Crippen LogP) is 19.1. The maximum Gasteiger partial charge on any atom is 0.164 e. The molecule has 13 rings (SSSR count). The number of benzene rings is 9. The van der Waals surface area contributed by atoms with E-state index in [1.54, 1.807) is 0 Å². The zero-order valence-corrected chi connectivity index (χ0v) is 44.1. The van der Waals surface area contributed by atoms with Gasteiger partial charge in [0.2, 0.25) is 0 Å². The van der Waals surface area contributed by atoms with Gasteiger partial charge in [0.15, 0.2) is 17.5 Å². The van der Waals surface area contributed by atoms with Crippen LogP contribution in [0.3, 0.4) is 0 Å². The average molecular weight is 970 g/mol. The number of aromatic nitrogens is 3. The number of rotatable bonds is 12. The molecule has 0 amide bonds. The van der Waals surface area contributed by atoms with Crippen LogP contribution in [0.1, 0.15) is 113 Å². The highest BCUT2D eigenvalue weighted by Crippen LogP contribution is 2.56. The highest BCUT2D eigenvalue weighted by atomic mass is 15.0. The third-order valence-electron chi connectivity index (χ3n) is 18.5. The molecule has 3 heteroatoms. The van der Waals surface area contributed by atoms with Crippen molar-refractivity contribution in [3.63, 3.8) is 0 Å². The van der Waals surface area contributed by atoms with Crippen LogP contribution in [0.2, 0.25) is 0 Å². The highest BCUT2D eigenvalue weighted by Gasteiger charge is 2.43. The van der Waals surface area contributed by atoms with E-state index in [1.165, 1.54) is 100 Å². The maximum atomic E-state index is 5.25. The van der Waals surface area contributed by atoms with Crippen molar-refractivity contribution < 1.29 is 0 Å². The van der Waals surface area contributed by atoms with Crippen LogP contribution in [0.4, 0.5) is 0 Å². The minimum atomic E-state index is 0.0173. The fraction of sp³-hybridized carbons (Fsp3) is 0.208. The van der Waals surface area contributed by atoms with Crippen molar-refractivity contribution in [2.45, 2.75) is 96.3 Å². The Bertz CT molecular complexity index is 3420. The van der Waals surface area contributed by atoms with Crippen molar-refractivity contribution in [2.24, 2.45) is 0 Å². The summed E-state index contributed by atoms with van der Waals surface area (Å²) >= 11 is 0. The zero-order chi connectivity index (χ0) is 51.1. The van der Waals surface area contributed by atoms with E-state index in [9.17, 15) is 0 Å². The van der Waals surface area contributed by atoms with Crippen LogP contribution in [0.25, 0.3) is 101 Å². The number of nitrogens with zero attached hydrogens (tertiary/aromatic N) is 3. The molecule has 1 heterocycles. The van der Waals surface area contributed by atoms with Gasteiger partial charge < -0.3 is 0 Å². The Labute approximate surface area is 443 Å². The van der Waals surface area contributed by atoms with Crippen LogP contribution in [0.15, 0.2) is 200 Å². The Balaban J connectivity index is 0.865. The summed E-state index contributed by atoms with van der Waals surface area (Å²) in [5.41, 5.74) is 27.0. The van der Waals surface area contributed by atoms with E-state index in [0.717, 1.165) is 55.2 Å². The Morgan fingerprint density at radius 1 is 0.227 bits per heavy atom. The van der Waals surface area contributed by atoms with Crippen LogP contribution < -0.4 is 0 Å². The molecule has 0 spiro atoms. The molecule has 0 saturated heterocycles. The zero-order valence-electron chi connectivity index (χ0n) is 44.1. The third-order valence-corrected chi connectivity index (χ3v) is 18.5. The summed E-state index contributed by atoms with van der Waals surface area (Å²) in [6, 6.07) is 74.6. The average Bonchev–Trinajstić information content (AvgIpc) is 4.13. The van der Waals surface area contributed by atoms with E-state index in [2.05, 4.69) is 242 Å². The molecule has 0 unspecified atom stereocenters. The smallest absolute Gasteiger partial charge is 0.164 e. The van der Waals surface area contributed by atoms with Crippen LogP contribution >= 0.6 is 0 Å². The molecule has 0 aliphatic heterocycles. The molecule has 3 aliphatic carbocycles. The van der Waals surface area contributed by atoms with E-state index in [-0.39, 0.29) is 16.2 Å². The van der Waals surface area contributed by atoms with Crippen molar-refractivity contribution in [2.75, 3.05) is 0 Å². The quantitative estimate of drug-likeness (QED) is 0.122. The molecule has 0 N–H and O–H groups in total. The third kappa shape index (κ3) is 7.03. The molecule has 0 fully saturated rings. The van der Waals surface area contributed by atoms with Crippen molar-refractivity contribution in [1.82, 2.24) is 15.0 Å². The van der Waals surface area contributed by atoms with Crippen LogP contribution in [-0.2, 0) is 16.2 Å². The molecular weight excluding hydrogens is 907 g/mol. The SMILES string of the molecule is CCC1(CC)c2ccccc2-c2ccc(-c3ccc(-c4nc(-c5ccc(-c6ccc7c(c6)C(CC)(CC)c6ccccc6-7)cc5)nc(-c5ccc(-c6ccc7c(c6)C(CC)(CC)c6ccccc6-7)cc5)n4)cc3)cc21.